The number of carbonyl (C=O) groups is 1. The number of methoxy groups -OCH3 is 1. The third kappa shape index (κ3) is 3.11. The molecule has 2 aromatic rings. The third-order valence-electron chi connectivity index (χ3n) is 4.67. The second-order valence-electron chi connectivity index (χ2n) is 6.24. The van der Waals surface area contributed by atoms with Crippen molar-refractivity contribution in [1.82, 2.24) is 5.32 Å². The summed E-state index contributed by atoms with van der Waals surface area (Å²) in [6.45, 7) is 2.23. The zero-order valence-electron chi connectivity index (χ0n) is 13.2. The van der Waals surface area contributed by atoms with E-state index in [9.17, 15) is 4.79 Å². The van der Waals surface area contributed by atoms with Crippen molar-refractivity contribution in [3.05, 3.63) is 30.0 Å². The quantitative estimate of drug-likeness (QED) is 0.937. The monoisotopic (exact) mass is 301 g/mol. The molecule has 0 aliphatic heterocycles. The number of hydrogen-bond donors (Lipinski definition) is 1. The van der Waals surface area contributed by atoms with E-state index >= 15 is 0 Å². The van der Waals surface area contributed by atoms with Gasteiger partial charge in [0.15, 0.2) is 0 Å². The number of fused-ring (bicyclic) bond motifs is 1. The predicted molar refractivity (Wildman–Crippen MR) is 86.0 cm³/mol. The van der Waals surface area contributed by atoms with Gasteiger partial charge in [-0.3, -0.25) is 4.79 Å². The van der Waals surface area contributed by atoms with Gasteiger partial charge in [0, 0.05) is 23.1 Å². The fraction of sp³-hybridized carbons (Fsp3) is 0.500. The summed E-state index contributed by atoms with van der Waals surface area (Å²) in [4.78, 5) is 12.3. The topological polar surface area (TPSA) is 51.5 Å². The highest BCUT2D eigenvalue weighted by molar-refractivity contribution is 5.88. The Morgan fingerprint density at radius 1 is 1.36 bits per heavy atom. The maximum Gasteiger partial charge on any atom is 0.224 e. The molecular weight excluding hydrogens is 278 g/mol. The first-order chi connectivity index (χ1) is 10.7. The number of rotatable bonds is 4. The highest BCUT2D eigenvalue weighted by Gasteiger charge is 2.23. The van der Waals surface area contributed by atoms with Gasteiger partial charge in [0.2, 0.25) is 5.91 Å². The summed E-state index contributed by atoms with van der Waals surface area (Å²) >= 11 is 0. The third-order valence-corrected chi connectivity index (χ3v) is 4.67. The minimum absolute atomic E-state index is 0.0808. The summed E-state index contributed by atoms with van der Waals surface area (Å²) in [6.07, 6.45) is 6.83. The van der Waals surface area contributed by atoms with Crippen molar-refractivity contribution in [2.45, 2.75) is 45.1 Å². The first-order valence-corrected chi connectivity index (χ1v) is 8.01. The Morgan fingerprint density at radius 3 is 2.95 bits per heavy atom. The maximum absolute atomic E-state index is 12.3. The van der Waals surface area contributed by atoms with Gasteiger partial charge >= 0.3 is 0 Å². The smallest absolute Gasteiger partial charge is 0.224 e. The highest BCUT2D eigenvalue weighted by atomic mass is 16.5. The molecule has 1 aliphatic carbocycles. The fourth-order valence-electron chi connectivity index (χ4n) is 3.29. The van der Waals surface area contributed by atoms with Crippen LogP contribution in [0.15, 0.2) is 28.9 Å². The first-order valence-electron chi connectivity index (χ1n) is 8.01. The SMILES string of the molecule is COc1ccc2c(CC(=O)N[C@H]3CCCC[C@@H]3C)coc2c1. The summed E-state index contributed by atoms with van der Waals surface area (Å²) in [5.74, 6) is 1.41. The van der Waals surface area contributed by atoms with E-state index in [1.807, 2.05) is 18.2 Å². The second-order valence-corrected chi connectivity index (χ2v) is 6.24. The summed E-state index contributed by atoms with van der Waals surface area (Å²) in [5.41, 5.74) is 1.69. The lowest BCUT2D eigenvalue weighted by Gasteiger charge is -2.29. The molecule has 2 atom stereocenters. The van der Waals surface area contributed by atoms with Crippen molar-refractivity contribution < 1.29 is 13.9 Å². The van der Waals surface area contributed by atoms with Gasteiger partial charge in [-0.2, -0.15) is 0 Å². The minimum Gasteiger partial charge on any atom is -0.497 e. The molecule has 1 amide bonds. The molecule has 22 heavy (non-hydrogen) atoms. The molecule has 0 saturated heterocycles. The van der Waals surface area contributed by atoms with Crippen LogP contribution in [0, 0.1) is 5.92 Å². The van der Waals surface area contributed by atoms with E-state index < -0.39 is 0 Å². The molecule has 1 N–H and O–H groups in total. The number of nitrogens with one attached hydrogen (secondary N) is 1. The molecule has 1 fully saturated rings. The fourth-order valence-corrected chi connectivity index (χ4v) is 3.29. The second kappa shape index (κ2) is 6.42. The van der Waals surface area contributed by atoms with Gasteiger partial charge in [-0.05, 0) is 30.9 Å². The van der Waals surface area contributed by atoms with Crippen LogP contribution in [0.25, 0.3) is 11.0 Å². The van der Waals surface area contributed by atoms with Crippen molar-refractivity contribution in [2.75, 3.05) is 7.11 Å². The van der Waals surface area contributed by atoms with Crippen LogP contribution in [-0.2, 0) is 11.2 Å². The maximum atomic E-state index is 12.3. The van der Waals surface area contributed by atoms with E-state index in [1.54, 1.807) is 13.4 Å². The molecule has 0 bridgehead atoms. The van der Waals surface area contributed by atoms with Crippen molar-refractivity contribution >= 4 is 16.9 Å². The van der Waals surface area contributed by atoms with E-state index in [2.05, 4.69) is 12.2 Å². The zero-order chi connectivity index (χ0) is 15.5. The first kappa shape index (κ1) is 14.9. The molecule has 1 aromatic heterocycles. The van der Waals surface area contributed by atoms with Gasteiger partial charge in [0.05, 0.1) is 19.8 Å². The number of furan rings is 1. The van der Waals surface area contributed by atoms with Crippen molar-refractivity contribution in [2.24, 2.45) is 5.92 Å². The molecule has 1 aromatic carbocycles. The Morgan fingerprint density at radius 2 is 2.18 bits per heavy atom. The number of ether oxygens (including phenoxy) is 1. The predicted octanol–water partition coefficient (Wildman–Crippen LogP) is 3.68. The lowest BCUT2D eigenvalue weighted by molar-refractivity contribution is -0.121. The molecule has 4 heteroatoms. The van der Waals surface area contributed by atoms with Crippen LogP contribution < -0.4 is 10.1 Å². The van der Waals surface area contributed by atoms with Crippen molar-refractivity contribution in [1.29, 1.82) is 0 Å². The van der Waals surface area contributed by atoms with Crippen LogP contribution in [0.5, 0.6) is 5.75 Å². The highest BCUT2D eigenvalue weighted by Crippen LogP contribution is 2.27. The molecule has 0 unspecified atom stereocenters. The lowest BCUT2D eigenvalue weighted by Crippen LogP contribution is -2.41. The molecule has 118 valence electrons. The number of carbonyl (C=O) groups excluding carboxylic acids is 1. The molecular formula is C18H23NO3. The molecule has 3 rings (SSSR count). The van der Waals surface area contributed by atoms with E-state index in [0.29, 0.717) is 18.4 Å². The molecule has 1 saturated carbocycles. The van der Waals surface area contributed by atoms with Gasteiger partial charge in [0.25, 0.3) is 0 Å². The molecule has 0 radical (unpaired) electrons. The lowest BCUT2D eigenvalue weighted by atomic mass is 9.86. The standard InChI is InChI=1S/C18H23NO3/c1-12-5-3-4-6-16(12)19-18(20)9-13-11-22-17-10-14(21-2)7-8-15(13)17/h7-8,10-12,16H,3-6,9H2,1-2H3,(H,19,20)/t12-,16-/m0/s1. The van der Waals surface area contributed by atoms with E-state index in [4.69, 9.17) is 9.15 Å². The van der Waals surface area contributed by atoms with Gasteiger partial charge in [-0.25, -0.2) is 0 Å². The summed E-state index contributed by atoms with van der Waals surface area (Å²) in [6, 6.07) is 6.01. The van der Waals surface area contributed by atoms with Crippen LogP contribution in [-0.4, -0.2) is 19.1 Å². The van der Waals surface area contributed by atoms with E-state index in [1.165, 1.54) is 19.3 Å². The van der Waals surface area contributed by atoms with Crippen LogP contribution in [0.1, 0.15) is 38.2 Å². The van der Waals surface area contributed by atoms with Crippen LogP contribution in [0.3, 0.4) is 0 Å². The Balaban J connectivity index is 1.68. The number of hydrogen-bond acceptors (Lipinski definition) is 3. The van der Waals surface area contributed by atoms with Crippen LogP contribution in [0.4, 0.5) is 0 Å². The molecule has 1 heterocycles. The minimum atomic E-state index is 0.0808. The van der Waals surface area contributed by atoms with Crippen LogP contribution >= 0.6 is 0 Å². The Bertz CT molecular complexity index is 661. The number of benzene rings is 1. The zero-order valence-corrected chi connectivity index (χ0v) is 13.2. The van der Waals surface area contributed by atoms with E-state index in [0.717, 1.165) is 28.7 Å². The Labute approximate surface area is 130 Å². The largest absolute Gasteiger partial charge is 0.497 e. The normalized spacial score (nSPS) is 21.7. The number of amides is 1. The molecule has 1 aliphatic rings. The van der Waals surface area contributed by atoms with Crippen molar-refractivity contribution in [3.8, 4) is 5.75 Å². The van der Waals surface area contributed by atoms with Gasteiger partial charge in [-0.1, -0.05) is 19.8 Å². The van der Waals surface area contributed by atoms with Gasteiger partial charge in [-0.15, -0.1) is 0 Å². The average Bonchev–Trinajstić information content (AvgIpc) is 2.91. The van der Waals surface area contributed by atoms with E-state index in [-0.39, 0.29) is 5.91 Å². The van der Waals surface area contributed by atoms with Gasteiger partial charge < -0.3 is 14.5 Å². The Hall–Kier alpha value is -1.97. The van der Waals surface area contributed by atoms with Crippen LogP contribution in [0.2, 0.25) is 0 Å². The average molecular weight is 301 g/mol. The molecule has 4 nitrogen and oxygen atoms in total. The Kier molecular flexibility index (Phi) is 4.36. The summed E-state index contributed by atoms with van der Waals surface area (Å²) < 4.78 is 10.7. The summed E-state index contributed by atoms with van der Waals surface area (Å²) in [5, 5.41) is 4.17. The summed E-state index contributed by atoms with van der Waals surface area (Å²) in [7, 11) is 1.63. The van der Waals surface area contributed by atoms with Crippen molar-refractivity contribution in [3.63, 3.8) is 0 Å². The molecule has 0 spiro atoms. The van der Waals surface area contributed by atoms with Gasteiger partial charge in [0.1, 0.15) is 11.3 Å².